The van der Waals surface area contributed by atoms with Crippen LogP contribution in [0.4, 0.5) is 0 Å². The molecule has 0 aromatic heterocycles. The normalized spacial score (nSPS) is 17.4. The Morgan fingerprint density at radius 3 is 2.09 bits per heavy atom. The van der Waals surface area contributed by atoms with Gasteiger partial charge in [-0.15, -0.1) is 0 Å². The molecule has 0 heterocycles. The molecule has 0 saturated heterocycles. The molecular weight excluding hydrogens is 439 g/mol. The van der Waals surface area contributed by atoms with Crippen LogP contribution >= 0.6 is 7.82 Å². The van der Waals surface area contributed by atoms with Crippen LogP contribution in [0.2, 0.25) is 0 Å². The number of phosphoric acid groups is 1. The first kappa shape index (κ1) is 25.5. The van der Waals surface area contributed by atoms with Gasteiger partial charge in [-0.05, 0) is 53.4 Å². The summed E-state index contributed by atoms with van der Waals surface area (Å²) in [5.74, 6) is 1.78. The van der Waals surface area contributed by atoms with Gasteiger partial charge in [-0.25, -0.2) is 4.57 Å². The molecule has 2 N–H and O–H groups in total. The van der Waals surface area contributed by atoms with Gasteiger partial charge in [0, 0.05) is 16.7 Å². The molecule has 0 saturated carbocycles. The number of methoxy groups -OCH3 is 2. The van der Waals surface area contributed by atoms with Crippen molar-refractivity contribution in [3.63, 3.8) is 0 Å². The second-order valence-electron chi connectivity index (χ2n) is 10.0. The lowest BCUT2D eigenvalue weighted by atomic mass is 9.62. The van der Waals surface area contributed by atoms with Crippen LogP contribution in [-0.2, 0) is 26.5 Å². The van der Waals surface area contributed by atoms with Crippen molar-refractivity contribution in [2.45, 2.75) is 64.9 Å². The summed E-state index contributed by atoms with van der Waals surface area (Å²) < 4.78 is 27.4. The highest BCUT2D eigenvalue weighted by Crippen LogP contribution is 2.54. The second-order valence-corrected chi connectivity index (χ2v) is 11.2. The number of ether oxygens (including phenoxy) is 2. The van der Waals surface area contributed by atoms with Gasteiger partial charge in [0.1, 0.15) is 11.5 Å². The summed E-state index contributed by atoms with van der Waals surface area (Å²) in [6.45, 7) is 11.0. The molecule has 7 heteroatoms. The van der Waals surface area contributed by atoms with Crippen LogP contribution in [0.15, 0.2) is 30.3 Å². The molecule has 6 nitrogen and oxygen atoms in total. The van der Waals surface area contributed by atoms with Crippen molar-refractivity contribution in [2.75, 3.05) is 14.2 Å². The van der Waals surface area contributed by atoms with Crippen LogP contribution in [0.1, 0.15) is 75.3 Å². The first-order valence-electron chi connectivity index (χ1n) is 11.1. The Labute approximate surface area is 196 Å². The van der Waals surface area contributed by atoms with E-state index in [9.17, 15) is 4.57 Å². The Morgan fingerprint density at radius 1 is 1.00 bits per heavy atom. The summed E-state index contributed by atoms with van der Waals surface area (Å²) in [5.41, 5.74) is 6.07. The average molecular weight is 475 g/mol. The van der Waals surface area contributed by atoms with Gasteiger partial charge in [0.25, 0.3) is 0 Å². The zero-order valence-corrected chi connectivity index (χ0v) is 21.5. The van der Waals surface area contributed by atoms with E-state index < -0.39 is 7.82 Å². The fraction of sp³-hybridized carbons (Fsp3) is 0.462. The molecule has 0 aliphatic heterocycles. The highest BCUT2D eigenvalue weighted by Gasteiger charge is 2.42. The molecule has 1 aliphatic carbocycles. The minimum atomic E-state index is -4.49. The van der Waals surface area contributed by atoms with Crippen molar-refractivity contribution in [3.05, 3.63) is 58.1 Å². The zero-order valence-electron chi connectivity index (χ0n) is 20.6. The van der Waals surface area contributed by atoms with Gasteiger partial charge in [0.15, 0.2) is 0 Å². The Balaban J connectivity index is 2.06. The molecule has 2 aromatic rings. The predicted molar refractivity (Wildman–Crippen MR) is 132 cm³/mol. The number of hydrogen-bond acceptors (Lipinski definition) is 4. The van der Waals surface area contributed by atoms with Gasteiger partial charge in [0.05, 0.1) is 20.8 Å². The molecule has 0 fully saturated rings. The molecule has 0 unspecified atom stereocenters. The summed E-state index contributed by atoms with van der Waals surface area (Å²) in [4.78, 5) is 17.8. The highest BCUT2D eigenvalue weighted by molar-refractivity contribution is 7.46. The van der Waals surface area contributed by atoms with Crippen LogP contribution in [0.3, 0.4) is 0 Å². The lowest BCUT2D eigenvalue weighted by Crippen LogP contribution is -2.35. The fourth-order valence-electron chi connectivity index (χ4n) is 4.70. The van der Waals surface area contributed by atoms with Crippen LogP contribution in [-0.4, -0.2) is 24.0 Å². The largest absolute Gasteiger partial charge is 0.496 e. The third-order valence-corrected chi connectivity index (χ3v) is 7.05. The minimum absolute atomic E-state index is 0.00930. The van der Waals surface area contributed by atoms with Crippen molar-refractivity contribution >= 4 is 19.5 Å². The lowest BCUT2D eigenvalue weighted by Gasteiger charge is -2.43. The maximum absolute atomic E-state index is 10.9. The SMILES string of the molecule is COc1cc(C(C)=Cc2ccc(COP(=O)(O)O)cc2)c(OC)c2c1C(C)(C)CCC2(C)C. The van der Waals surface area contributed by atoms with Crippen LogP contribution in [0, 0.1) is 0 Å². The maximum atomic E-state index is 10.9. The fourth-order valence-corrected chi connectivity index (χ4v) is 5.01. The number of allylic oxidation sites excluding steroid dienone is 1. The third kappa shape index (κ3) is 5.52. The molecule has 0 atom stereocenters. The van der Waals surface area contributed by atoms with E-state index in [4.69, 9.17) is 19.3 Å². The molecule has 0 amide bonds. The molecule has 1 aliphatic rings. The Bertz CT molecular complexity index is 1090. The van der Waals surface area contributed by atoms with E-state index in [-0.39, 0.29) is 17.4 Å². The minimum Gasteiger partial charge on any atom is -0.496 e. The van der Waals surface area contributed by atoms with Crippen LogP contribution < -0.4 is 9.47 Å². The molecule has 0 bridgehead atoms. The number of rotatable bonds is 7. The van der Waals surface area contributed by atoms with Gasteiger partial charge in [-0.1, -0.05) is 58.0 Å². The van der Waals surface area contributed by atoms with E-state index in [1.807, 2.05) is 12.1 Å². The monoisotopic (exact) mass is 474 g/mol. The van der Waals surface area contributed by atoms with Gasteiger partial charge < -0.3 is 19.3 Å². The van der Waals surface area contributed by atoms with Crippen molar-refractivity contribution in [3.8, 4) is 11.5 Å². The first-order chi connectivity index (χ1) is 15.3. The van der Waals surface area contributed by atoms with E-state index in [1.54, 1.807) is 26.4 Å². The summed E-state index contributed by atoms with van der Waals surface area (Å²) >= 11 is 0. The van der Waals surface area contributed by atoms with Gasteiger partial charge in [0.2, 0.25) is 0 Å². The number of benzene rings is 2. The quantitative estimate of drug-likeness (QED) is 0.366. The molecular formula is C26H35O6P. The number of fused-ring (bicyclic) bond motifs is 1. The molecule has 2 aromatic carbocycles. The highest BCUT2D eigenvalue weighted by atomic mass is 31.2. The summed E-state index contributed by atoms with van der Waals surface area (Å²) in [7, 11) is -1.04. The second kappa shape index (κ2) is 9.27. The smallest absolute Gasteiger partial charge is 0.469 e. The number of phosphoric ester groups is 1. The van der Waals surface area contributed by atoms with Crippen molar-refractivity contribution in [1.29, 1.82) is 0 Å². The molecule has 0 spiro atoms. The number of hydrogen-bond donors (Lipinski definition) is 2. The summed E-state index contributed by atoms with van der Waals surface area (Å²) in [5, 5.41) is 0. The Morgan fingerprint density at radius 2 is 1.58 bits per heavy atom. The third-order valence-electron chi connectivity index (χ3n) is 6.58. The Hall–Kier alpha value is -2.11. The van der Waals surface area contributed by atoms with E-state index in [0.717, 1.165) is 41.0 Å². The van der Waals surface area contributed by atoms with E-state index >= 15 is 0 Å². The van der Waals surface area contributed by atoms with Crippen molar-refractivity contribution in [1.82, 2.24) is 0 Å². The van der Waals surface area contributed by atoms with Gasteiger partial charge >= 0.3 is 7.82 Å². The van der Waals surface area contributed by atoms with Crippen molar-refractivity contribution < 1.29 is 28.3 Å². The van der Waals surface area contributed by atoms with Crippen LogP contribution in [0.5, 0.6) is 11.5 Å². The summed E-state index contributed by atoms with van der Waals surface area (Å²) in [6.07, 6.45) is 4.22. The molecule has 3 rings (SSSR count). The lowest BCUT2D eigenvalue weighted by molar-refractivity contribution is 0.189. The molecule has 33 heavy (non-hydrogen) atoms. The van der Waals surface area contributed by atoms with E-state index in [2.05, 4.69) is 51.3 Å². The zero-order chi connectivity index (χ0) is 24.6. The van der Waals surface area contributed by atoms with E-state index in [1.165, 1.54) is 11.1 Å². The maximum Gasteiger partial charge on any atom is 0.469 e. The molecule has 180 valence electrons. The van der Waals surface area contributed by atoms with E-state index in [0.29, 0.717) is 5.56 Å². The topological polar surface area (TPSA) is 85.2 Å². The standard InChI is InChI=1S/C26H35O6P/c1-17(14-18-8-10-19(11-9-18)16-32-33(27,28)29)20-15-21(30-6)22-23(24(20)31-7)26(4,5)13-12-25(22,2)3/h8-11,14-15H,12-13,16H2,1-7H3,(H2,27,28,29). The van der Waals surface area contributed by atoms with Gasteiger partial charge in [-0.2, -0.15) is 0 Å². The van der Waals surface area contributed by atoms with Crippen LogP contribution in [0.25, 0.3) is 11.6 Å². The average Bonchev–Trinajstić information content (AvgIpc) is 2.74. The first-order valence-corrected chi connectivity index (χ1v) is 12.6. The van der Waals surface area contributed by atoms with Gasteiger partial charge in [-0.3, -0.25) is 4.52 Å². The predicted octanol–water partition coefficient (Wildman–Crippen LogP) is 6.22. The van der Waals surface area contributed by atoms with Crippen molar-refractivity contribution in [2.24, 2.45) is 0 Å². The summed E-state index contributed by atoms with van der Waals surface area (Å²) in [6, 6.07) is 9.47. The molecule has 0 radical (unpaired) electrons. The Kier molecular flexibility index (Phi) is 7.16.